The van der Waals surface area contributed by atoms with Gasteiger partial charge >= 0.3 is 0 Å². The van der Waals surface area contributed by atoms with Gasteiger partial charge in [-0.05, 0) is 22.9 Å². The topological polar surface area (TPSA) is 64.7 Å². The molecule has 0 aromatic carbocycles. The minimum absolute atomic E-state index is 0.405. The first-order chi connectivity index (χ1) is 6.66. The molecule has 0 atom stereocenters. The van der Waals surface area contributed by atoms with Gasteiger partial charge in [-0.2, -0.15) is 0 Å². The minimum atomic E-state index is 0.405. The molecule has 2 aromatic heterocycles. The van der Waals surface area contributed by atoms with Crippen molar-refractivity contribution in [3.05, 3.63) is 21.9 Å². The first-order valence-electron chi connectivity index (χ1n) is 3.87. The summed E-state index contributed by atoms with van der Waals surface area (Å²) >= 11 is 4.76. The summed E-state index contributed by atoms with van der Waals surface area (Å²) in [7, 11) is 0. The molecule has 2 rings (SSSR count). The number of aromatic nitrogens is 3. The maximum Gasteiger partial charge on any atom is 0.152 e. The van der Waals surface area contributed by atoms with Crippen molar-refractivity contribution >= 4 is 33.1 Å². The number of aryl methyl sites for hydroxylation is 1. The molecule has 0 amide bonds. The Labute approximate surface area is 93.4 Å². The van der Waals surface area contributed by atoms with Crippen LogP contribution in [0.2, 0.25) is 0 Å². The van der Waals surface area contributed by atoms with E-state index in [4.69, 9.17) is 5.73 Å². The molecule has 2 aromatic rings. The lowest BCUT2D eigenvalue weighted by molar-refractivity contribution is 1.16. The third-order valence-electron chi connectivity index (χ3n) is 1.59. The molecular weight excluding hydrogens is 264 g/mol. The highest BCUT2D eigenvalue weighted by molar-refractivity contribution is 9.10. The fourth-order valence-corrected chi connectivity index (χ4v) is 2.07. The quantitative estimate of drug-likeness (QED) is 0.864. The Kier molecular flexibility index (Phi) is 2.47. The minimum Gasteiger partial charge on any atom is -0.382 e. The predicted molar refractivity (Wildman–Crippen MR) is 60.0 cm³/mol. The van der Waals surface area contributed by atoms with Gasteiger partial charge in [0.1, 0.15) is 15.3 Å². The van der Waals surface area contributed by atoms with E-state index in [0.717, 1.165) is 10.7 Å². The zero-order chi connectivity index (χ0) is 10.1. The van der Waals surface area contributed by atoms with Crippen LogP contribution in [0.25, 0.3) is 10.7 Å². The van der Waals surface area contributed by atoms with E-state index in [0.29, 0.717) is 16.1 Å². The lowest BCUT2D eigenvalue weighted by atomic mass is 10.4. The van der Waals surface area contributed by atoms with Crippen molar-refractivity contribution in [3.63, 3.8) is 0 Å². The Balaban J connectivity index is 2.55. The van der Waals surface area contributed by atoms with E-state index >= 15 is 0 Å². The van der Waals surface area contributed by atoms with E-state index in [1.165, 1.54) is 11.3 Å². The average Bonchev–Trinajstić information content (AvgIpc) is 2.56. The number of nitrogens with zero attached hydrogens (tertiary/aromatic N) is 3. The van der Waals surface area contributed by atoms with E-state index in [1.807, 2.05) is 12.3 Å². The Morgan fingerprint density at radius 2 is 2.21 bits per heavy atom. The molecule has 0 radical (unpaired) electrons. The third-order valence-corrected chi connectivity index (χ3v) is 2.94. The molecule has 0 saturated carbocycles. The van der Waals surface area contributed by atoms with E-state index in [1.54, 1.807) is 6.20 Å². The van der Waals surface area contributed by atoms with Gasteiger partial charge in [0, 0.05) is 11.1 Å². The largest absolute Gasteiger partial charge is 0.382 e. The summed E-state index contributed by atoms with van der Waals surface area (Å²) in [4.78, 5) is 12.5. The van der Waals surface area contributed by atoms with Crippen LogP contribution in [0, 0.1) is 6.92 Å². The molecule has 72 valence electrons. The van der Waals surface area contributed by atoms with Crippen molar-refractivity contribution in [3.8, 4) is 10.7 Å². The summed E-state index contributed by atoms with van der Waals surface area (Å²) in [6.07, 6.45) is 1.57. The number of hydrogen-bond donors (Lipinski definition) is 1. The smallest absolute Gasteiger partial charge is 0.152 e. The van der Waals surface area contributed by atoms with Crippen molar-refractivity contribution < 1.29 is 0 Å². The Morgan fingerprint density at radius 3 is 2.86 bits per heavy atom. The second-order valence-electron chi connectivity index (χ2n) is 2.72. The highest BCUT2D eigenvalue weighted by Crippen LogP contribution is 2.26. The Hall–Kier alpha value is -1.01. The molecule has 14 heavy (non-hydrogen) atoms. The summed E-state index contributed by atoms with van der Waals surface area (Å²) in [5.74, 6) is 0.405. The van der Waals surface area contributed by atoms with Crippen molar-refractivity contribution in [2.45, 2.75) is 6.92 Å². The second-order valence-corrected chi connectivity index (χ2v) is 4.39. The number of anilines is 1. The number of thiazole rings is 1. The summed E-state index contributed by atoms with van der Waals surface area (Å²) in [6, 6.07) is 0. The third kappa shape index (κ3) is 1.76. The van der Waals surface area contributed by atoms with Crippen LogP contribution in [0.3, 0.4) is 0 Å². The van der Waals surface area contributed by atoms with Crippen LogP contribution in [-0.2, 0) is 0 Å². The first-order valence-corrected chi connectivity index (χ1v) is 5.54. The van der Waals surface area contributed by atoms with Crippen molar-refractivity contribution in [2.75, 3.05) is 5.73 Å². The van der Waals surface area contributed by atoms with Gasteiger partial charge in [0.2, 0.25) is 0 Å². The number of hydrogen-bond acceptors (Lipinski definition) is 5. The molecule has 0 bridgehead atoms. The number of nitrogens with two attached hydrogens (primary N) is 1. The zero-order valence-electron chi connectivity index (χ0n) is 7.36. The van der Waals surface area contributed by atoms with Crippen LogP contribution in [0.4, 0.5) is 5.82 Å². The van der Waals surface area contributed by atoms with Crippen molar-refractivity contribution in [1.29, 1.82) is 0 Å². The van der Waals surface area contributed by atoms with Crippen molar-refractivity contribution in [2.24, 2.45) is 0 Å². The lowest BCUT2D eigenvalue weighted by Crippen LogP contribution is -1.96. The molecule has 0 fully saturated rings. The van der Waals surface area contributed by atoms with E-state index in [-0.39, 0.29) is 0 Å². The second kappa shape index (κ2) is 3.62. The highest BCUT2D eigenvalue weighted by Gasteiger charge is 2.09. The monoisotopic (exact) mass is 270 g/mol. The molecule has 2 heterocycles. The number of halogens is 1. The summed E-state index contributed by atoms with van der Waals surface area (Å²) in [5, 5.41) is 2.76. The van der Waals surface area contributed by atoms with Crippen LogP contribution in [0.1, 0.15) is 5.69 Å². The molecule has 0 unspecified atom stereocenters. The predicted octanol–water partition coefficient (Wildman–Crippen LogP) is 2.25. The fraction of sp³-hybridized carbons (Fsp3) is 0.125. The fourth-order valence-electron chi connectivity index (χ4n) is 0.997. The number of nitrogen functional groups attached to an aromatic ring is 1. The van der Waals surface area contributed by atoms with Gasteiger partial charge in [-0.1, -0.05) is 0 Å². The van der Waals surface area contributed by atoms with Gasteiger partial charge in [0.05, 0.1) is 6.20 Å². The van der Waals surface area contributed by atoms with Crippen LogP contribution in [0.5, 0.6) is 0 Å². The molecule has 6 heteroatoms. The van der Waals surface area contributed by atoms with Gasteiger partial charge < -0.3 is 5.73 Å². The van der Waals surface area contributed by atoms with Crippen molar-refractivity contribution in [1.82, 2.24) is 15.0 Å². The summed E-state index contributed by atoms with van der Waals surface area (Å²) in [5.41, 5.74) is 7.30. The van der Waals surface area contributed by atoms with Gasteiger partial charge in [-0.3, -0.25) is 0 Å². The average molecular weight is 271 g/mol. The van der Waals surface area contributed by atoms with Gasteiger partial charge in [-0.15, -0.1) is 11.3 Å². The SMILES string of the molecule is Cc1csc(-c2nc(Br)cnc2N)n1. The summed E-state index contributed by atoms with van der Waals surface area (Å²) in [6.45, 7) is 1.93. The maximum atomic E-state index is 5.70. The molecule has 0 aliphatic carbocycles. The molecular formula is C8H7BrN4S. The molecule has 0 spiro atoms. The molecule has 4 nitrogen and oxygen atoms in total. The van der Waals surface area contributed by atoms with E-state index in [2.05, 4.69) is 30.9 Å². The van der Waals surface area contributed by atoms with E-state index in [9.17, 15) is 0 Å². The van der Waals surface area contributed by atoms with Crippen LogP contribution in [-0.4, -0.2) is 15.0 Å². The first kappa shape index (κ1) is 9.54. The Morgan fingerprint density at radius 1 is 1.43 bits per heavy atom. The van der Waals surface area contributed by atoms with Gasteiger partial charge in [-0.25, -0.2) is 15.0 Å². The maximum absolute atomic E-state index is 5.70. The van der Waals surface area contributed by atoms with E-state index < -0.39 is 0 Å². The lowest BCUT2D eigenvalue weighted by Gasteiger charge is -1.99. The summed E-state index contributed by atoms with van der Waals surface area (Å²) < 4.78 is 0.662. The normalized spacial score (nSPS) is 10.4. The molecule has 2 N–H and O–H groups in total. The van der Waals surface area contributed by atoms with Crippen LogP contribution < -0.4 is 5.73 Å². The van der Waals surface area contributed by atoms with Gasteiger partial charge in [0.25, 0.3) is 0 Å². The van der Waals surface area contributed by atoms with Gasteiger partial charge in [0.15, 0.2) is 5.82 Å². The molecule has 0 aliphatic heterocycles. The Bertz CT molecular complexity index is 468. The molecule has 0 saturated heterocycles. The van der Waals surface area contributed by atoms with Crippen LogP contribution >= 0.6 is 27.3 Å². The number of rotatable bonds is 1. The molecule has 0 aliphatic rings. The van der Waals surface area contributed by atoms with Crippen LogP contribution in [0.15, 0.2) is 16.2 Å². The highest BCUT2D eigenvalue weighted by atomic mass is 79.9. The zero-order valence-corrected chi connectivity index (χ0v) is 9.76. The standard InChI is InChI=1S/C8H7BrN4S/c1-4-3-14-8(12-4)6-7(10)11-2-5(9)13-6/h2-3H,1H3,(H2,10,11).